The number of nitrogens with two attached hydrogens (primary N) is 2. The molecule has 1 rings (SSSR count). The van der Waals surface area contributed by atoms with Gasteiger partial charge in [-0.2, -0.15) is 0 Å². The Labute approximate surface area is 93.7 Å². The van der Waals surface area contributed by atoms with E-state index in [9.17, 15) is 9.90 Å². The third-order valence-electron chi connectivity index (χ3n) is 2.40. The molecule has 1 aromatic carbocycles. The monoisotopic (exact) mass is 224 g/mol. The van der Waals surface area contributed by atoms with Gasteiger partial charge in [0.15, 0.2) is 5.78 Å². The lowest BCUT2D eigenvalue weighted by atomic mass is 9.95. The summed E-state index contributed by atoms with van der Waals surface area (Å²) < 4.78 is 0. The summed E-state index contributed by atoms with van der Waals surface area (Å²) in [5, 5.41) is 18.1. The van der Waals surface area contributed by atoms with E-state index >= 15 is 0 Å². The van der Waals surface area contributed by atoms with Gasteiger partial charge < -0.3 is 21.7 Å². The van der Waals surface area contributed by atoms with E-state index < -0.39 is 18.5 Å². The lowest BCUT2D eigenvalue weighted by molar-refractivity contribution is 0.0585. The minimum absolute atomic E-state index is 0.188. The van der Waals surface area contributed by atoms with Crippen LogP contribution in [0.4, 0.5) is 0 Å². The molecule has 0 bridgehead atoms. The molecule has 1 atom stereocenters. The summed E-state index contributed by atoms with van der Waals surface area (Å²) in [7, 11) is 0. The number of Topliss-reactive ketones (excluding diaryl/α,β-unsaturated/α-hetero) is 1. The molecule has 0 fully saturated rings. The second kappa shape index (κ2) is 5.72. The predicted octanol–water partition coefficient (Wildman–Crippen LogP) is -0.860. The van der Waals surface area contributed by atoms with Gasteiger partial charge in [0, 0.05) is 18.7 Å². The van der Waals surface area contributed by atoms with Crippen LogP contribution in [0, 0.1) is 0 Å². The molecule has 16 heavy (non-hydrogen) atoms. The standard InChI is InChI=1S/C11H16N2O3/c12-4-7-2-1-3-8(5-13)10(7)11(16)9(15)6-14/h1-3,9,14-15H,4-6,12-13H2. The Morgan fingerprint density at radius 1 is 1.25 bits per heavy atom. The molecular formula is C11H16N2O3. The highest BCUT2D eigenvalue weighted by molar-refractivity contribution is 6.02. The predicted molar refractivity (Wildman–Crippen MR) is 59.6 cm³/mol. The van der Waals surface area contributed by atoms with Gasteiger partial charge in [-0.1, -0.05) is 18.2 Å². The Hall–Kier alpha value is -1.27. The fourth-order valence-electron chi connectivity index (χ4n) is 1.56. The minimum Gasteiger partial charge on any atom is -0.393 e. The van der Waals surface area contributed by atoms with Gasteiger partial charge in [0.05, 0.1) is 6.61 Å². The van der Waals surface area contributed by atoms with E-state index in [1.165, 1.54) is 0 Å². The summed E-state index contributed by atoms with van der Waals surface area (Å²) in [6, 6.07) is 5.17. The van der Waals surface area contributed by atoms with Crippen LogP contribution in [-0.4, -0.2) is 28.7 Å². The van der Waals surface area contributed by atoms with Crippen molar-refractivity contribution in [2.24, 2.45) is 11.5 Å². The van der Waals surface area contributed by atoms with Crippen LogP contribution in [-0.2, 0) is 13.1 Å². The Kier molecular flexibility index (Phi) is 4.57. The Morgan fingerprint density at radius 3 is 2.12 bits per heavy atom. The summed E-state index contributed by atoms with van der Waals surface area (Å²) in [5.74, 6) is -0.538. The van der Waals surface area contributed by atoms with Crippen molar-refractivity contribution < 1.29 is 15.0 Å². The van der Waals surface area contributed by atoms with Crippen molar-refractivity contribution >= 4 is 5.78 Å². The molecule has 0 saturated heterocycles. The van der Waals surface area contributed by atoms with Crippen molar-refractivity contribution in [1.29, 1.82) is 0 Å². The number of carbonyl (C=O) groups excluding carboxylic acids is 1. The van der Waals surface area contributed by atoms with Gasteiger partial charge in [0.25, 0.3) is 0 Å². The molecule has 1 unspecified atom stereocenters. The quantitative estimate of drug-likeness (QED) is 0.486. The van der Waals surface area contributed by atoms with Crippen LogP contribution < -0.4 is 11.5 Å². The first-order valence-electron chi connectivity index (χ1n) is 4.99. The van der Waals surface area contributed by atoms with Gasteiger partial charge in [-0.15, -0.1) is 0 Å². The van der Waals surface area contributed by atoms with Crippen molar-refractivity contribution in [3.05, 3.63) is 34.9 Å². The number of benzene rings is 1. The average Bonchev–Trinajstić information content (AvgIpc) is 2.35. The van der Waals surface area contributed by atoms with Gasteiger partial charge in [-0.05, 0) is 11.1 Å². The zero-order chi connectivity index (χ0) is 12.1. The average molecular weight is 224 g/mol. The van der Waals surface area contributed by atoms with Crippen LogP contribution in [0.15, 0.2) is 18.2 Å². The molecular weight excluding hydrogens is 208 g/mol. The maximum absolute atomic E-state index is 11.8. The lowest BCUT2D eigenvalue weighted by Gasteiger charge is -2.14. The van der Waals surface area contributed by atoms with Crippen LogP contribution in [0.1, 0.15) is 21.5 Å². The van der Waals surface area contributed by atoms with E-state index in [0.29, 0.717) is 16.7 Å². The molecule has 0 aliphatic heterocycles. The van der Waals surface area contributed by atoms with Gasteiger partial charge in [-0.3, -0.25) is 4.79 Å². The van der Waals surface area contributed by atoms with Crippen LogP contribution >= 0.6 is 0 Å². The Bertz CT molecular complexity index is 357. The highest BCUT2D eigenvalue weighted by atomic mass is 16.3. The molecule has 0 aliphatic rings. The summed E-state index contributed by atoms with van der Waals surface area (Å²) in [6.45, 7) is -0.234. The summed E-state index contributed by atoms with van der Waals surface area (Å²) >= 11 is 0. The lowest BCUT2D eigenvalue weighted by Crippen LogP contribution is -2.27. The zero-order valence-corrected chi connectivity index (χ0v) is 8.89. The van der Waals surface area contributed by atoms with Crippen LogP contribution in [0.2, 0.25) is 0 Å². The van der Waals surface area contributed by atoms with Crippen LogP contribution in [0.5, 0.6) is 0 Å². The first kappa shape index (κ1) is 12.8. The van der Waals surface area contributed by atoms with Crippen LogP contribution in [0.25, 0.3) is 0 Å². The van der Waals surface area contributed by atoms with Crippen LogP contribution in [0.3, 0.4) is 0 Å². The van der Waals surface area contributed by atoms with E-state index in [4.69, 9.17) is 16.6 Å². The number of aliphatic hydroxyl groups excluding tert-OH is 2. The van der Waals surface area contributed by atoms with E-state index in [1.54, 1.807) is 18.2 Å². The van der Waals surface area contributed by atoms with E-state index in [2.05, 4.69) is 0 Å². The van der Waals surface area contributed by atoms with Crippen molar-refractivity contribution in [1.82, 2.24) is 0 Å². The SMILES string of the molecule is NCc1cccc(CN)c1C(=O)C(O)CO. The Morgan fingerprint density at radius 2 is 1.75 bits per heavy atom. The largest absolute Gasteiger partial charge is 0.393 e. The topological polar surface area (TPSA) is 110 Å². The number of ketones is 1. The molecule has 1 aromatic rings. The van der Waals surface area contributed by atoms with Crippen molar-refractivity contribution in [2.75, 3.05) is 6.61 Å². The first-order chi connectivity index (χ1) is 7.65. The second-order valence-corrected chi connectivity index (χ2v) is 3.42. The number of hydrogen-bond donors (Lipinski definition) is 4. The number of hydrogen-bond acceptors (Lipinski definition) is 5. The molecule has 0 amide bonds. The number of carbonyl (C=O) groups is 1. The molecule has 5 nitrogen and oxygen atoms in total. The third-order valence-corrected chi connectivity index (χ3v) is 2.40. The van der Waals surface area contributed by atoms with E-state index in [-0.39, 0.29) is 13.1 Å². The zero-order valence-electron chi connectivity index (χ0n) is 8.89. The maximum Gasteiger partial charge on any atom is 0.194 e. The van der Waals surface area contributed by atoms with Gasteiger partial charge >= 0.3 is 0 Å². The fourth-order valence-corrected chi connectivity index (χ4v) is 1.56. The summed E-state index contributed by atoms with van der Waals surface area (Å²) in [4.78, 5) is 11.8. The van der Waals surface area contributed by atoms with Crippen molar-refractivity contribution in [3.63, 3.8) is 0 Å². The minimum atomic E-state index is -1.42. The molecule has 0 aliphatic carbocycles. The smallest absolute Gasteiger partial charge is 0.194 e. The molecule has 6 N–H and O–H groups in total. The highest BCUT2D eigenvalue weighted by Gasteiger charge is 2.21. The molecule has 0 aromatic heterocycles. The van der Waals surface area contributed by atoms with Gasteiger partial charge in [0.1, 0.15) is 6.10 Å². The molecule has 0 radical (unpaired) electrons. The molecule has 88 valence electrons. The van der Waals surface area contributed by atoms with Crippen molar-refractivity contribution in [3.8, 4) is 0 Å². The van der Waals surface area contributed by atoms with Gasteiger partial charge in [-0.25, -0.2) is 0 Å². The summed E-state index contributed by atoms with van der Waals surface area (Å²) in [6.07, 6.45) is -1.42. The van der Waals surface area contributed by atoms with E-state index in [0.717, 1.165) is 0 Å². The molecule has 0 saturated carbocycles. The fraction of sp³-hybridized carbons (Fsp3) is 0.364. The number of aliphatic hydroxyl groups is 2. The maximum atomic E-state index is 11.8. The molecule has 0 spiro atoms. The van der Waals surface area contributed by atoms with Gasteiger partial charge in [0.2, 0.25) is 0 Å². The number of rotatable bonds is 5. The van der Waals surface area contributed by atoms with Crippen molar-refractivity contribution in [2.45, 2.75) is 19.2 Å². The third kappa shape index (κ3) is 2.45. The summed E-state index contributed by atoms with van der Waals surface area (Å²) in [5.41, 5.74) is 12.6. The normalized spacial score (nSPS) is 12.5. The van der Waals surface area contributed by atoms with E-state index in [1.807, 2.05) is 0 Å². The molecule has 0 heterocycles. The first-order valence-corrected chi connectivity index (χ1v) is 4.99. The second-order valence-electron chi connectivity index (χ2n) is 3.42. The molecule has 5 heteroatoms. The highest BCUT2D eigenvalue weighted by Crippen LogP contribution is 2.16. The Balaban J connectivity index is 3.23.